The molecule has 2 nitrogen and oxygen atoms in total. The van der Waals surface area contributed by atoms with Crippen molar-refractivity contribution in [1.82, 2.24) is 5.32 Å². The second-order valence-electron chi connectivity index (χ2n) is 5.21. The van der Waals surface area contributed by atoms with Crippen molar-refractivity contribution in [3.8, 4) is 0 Å². The van der Waals surface area contributed by atoms with Gasteiger partial charge in [-0.1, -0.05) is 30.1 Å². The zero-order valence-electron chi connectivity index (χ0n) is 12.6. The van der Waals surface area contributed by atoms with Crippen LogP contribution in [0, 0.1) is 0 Å². The second-order valence-corrected chi connectivity index (χ2v) is 6.06. The molecule has 1 rings (SSSR count). The minimum absolute atomic E-state index is 0.288. The first-order valence-electron chi connectivity index (χ1n) is 7.26. The van der Waals surface area contributed by atoms with Crippen LogP contribution in [-0.4, -0.2) is 25.8 Å². The Bertz CT molecular complexity index is 398. The van der Waals surface area contributed by atoms with Gasteiger partial charge in [0.05, 0.1) is 6.10 Å². The number of hydrogen-bond donors (Lipinski definition) is 1. The molecule has 0 radical (unpaired) electrons. The van der Waals surface area contributed by atoms with Gasteiger partial charge in [-0.2, -0.15) is 0 Å². The third kappa shape index (κ3) is 6.45. The molecule has 1 N–H and O–H groups in total. The van der Waals surface area contributed by atoms with Crippen LogP contribution < -0.4 is 5.32 Å². The summed E-state index contributed by atoms with van der Waals surface area (Å²) in [5, 5.41) is 5.12. The number of halogens is 2. The molecule has 114 valence electrons. The number of ether oxygens (including phenoxy) is 1. The van der Waals surface area contributed by atoms with Gasteiger partial charge in [0, 0.05) is 23.2 Å². The molecular formula is C16H25Cl2NO. The molecular weight excluding hydrogens is 293 g/mol. The first-order chi connectivity index (χ1) is 9.56. The predicted molar refractivity (Wildman–Crippen MR) is 88.0 cm³/mol. The van der Waals surface area contributed by atoms with Crippen molar-refractivity contribution in [2.45, 2.75) is 51.7 Å². The van der Waals surface area contributed by atoms with Crippen LogP contribution in [0.5, 0.6) is 0 Å². The van der Waals surface area contributed by atoms with Crippen LogP contribution in [0.4, 0.5) is 0 Å². The van der Waals surface area contributed by atoms with Crippen LogP contribution >= 0.6 is 23.2 Å². The Morgan fingerprint density at radius 2 is 2.00 bits per heavy atom. The summed E-state index contributed by atoms with van der Waals surface area (Å²) >= 11 is 12.3. The summed E-state index contributed by atoms with van der Waals surface area (Å²) in [5.41, 5.74) is 1.11. The largest absolute Gasteiger partial charge is 0.382 e. The average molecular weight is 318 g/mol. The Labute approximate surface area is 132 Å². The molecule has 20 heavy (non-hydrogen) atoms. The smallest absolute Gasteiger partial charge is 0.0543 e. The molecule has 0 amide bonds. The highest BCUT2D eigenvalue weighted by atomic mass is 35.5. The molecule has 0 fully saturated rings. The van der Waals surface area contributed by atoms with Gasteiger partial charge in [0.2, 0.25) is 0 Å². The van der Waals surface area contributed by atoms with Gasteiger partial charge in [0.15, 0.2) is 0 Å². The molecule has 0 aromatic heterocycles. The van der Waals surface area contributed by atoms with Gasteiger partial charge in [-0.3, -0.25) is 0 Å². The van der Waals surface area contributed by atoms with Crippen LogP contribution in [0.25, 0.3) is 0 Å². The summed E-state index contributed by atoms with van der Waals surface area (Å²) in [7, 11) is 1.76. The molecule has 0 aliphatic carbocycles. The monoisotopic (exact) mass is 317 g/mol. The molecule has 0 saturated carbocycles. The number of nitrogens with one attached hydrogen (secondary N) is 1. The summed E-state index contributed by atoms with van der Waals surface area (Å²) in [6.45, 7) is 5.29. The van der Waals surface area contributed by atoms with Gasteiger partial charge in [-0.15, -0.1) is 0 Å². The molecule has 2 unspecified atom stereocenters. The molecule has 0 spiro atoms. The number of hydrogen-bond acceptors (Lipinski definition) is 2. The third-order valence-corrected chi connectivity index (χ3v) is 4.08. The highest BCUT2D eigenvalue weighted by Gasteiger charge is 2.13. The summed E-state index contributed by atoms with van der Waals surface area (Å²) in [4.78, 5) is 0. The van der Waals surface area contributed by atoms with Crippen molar-refractivity contribution in [2.75, 3.05) is 13.7 Å². The molecule has 1 aromatic rings. The highest BCUT2D eigenvalue weighted by molar-refractivity contribution is 6.33. The molecule has 0 heterocycles. The van der Waals surface area contributed by atoms with Crippen molar-refractivity contribution in [3.63, 3.8) is 0 Å². The fourth-order valence-electron chi connectivity index (χ4n) is 2.14. The lowest BCUT2D eigenvalue weighted by Gasteiger charge is -2.21. The molecule has 0 aliphatic rings. The Morgan fingerprint density at radius 3 is 2.65 bits per heavy atom. The van der Waals surface area contributed by atoms with E-state index in [-0.39, 0.29) is 6.10 Å². The topological polar surface area (TPSA) is 21.3 Å². The number of methoxy groups -OCH3 is 1. The maximum Gasteiger partial charge on any atom is 0.0543 e. The average Bonchev–Trinajstić information content (AvgIpc) is 2.45. The molecule has 4 heteroatoms. The van der Waals surface area contributed by atoms with E-state index in [9.17, 15) is 0 Å². The standard InChI is InChI=1S/C16H25Cl2NO/c1-4-9-19-15(7-5-12(2)20-3)11-13-10-14(17)6-8-16(13)18/h6,8,10,12,15,19H,4-5,7,9,11H2,1-3H3. The van der Waals surface area contributed by atoms with Crippen molar-refractivity contribution in [3.05, 3.63) is 33.8 Å². The van der Waals surface area contributed by atoms with Crippen LogP contribution in [0.15, 0.2) is 18.2 Å². The molecule has 2 atom stereocenters. The van der Waals surface area contributed by atoms with Gasteiger partial charge in [-0.25, -0.2) is 0 Å². The quantitative estimate of drug-likeness (QED) is 0.711. The Kier molecular flexibility index (Phi) is 8.55. The van der Waals surface area contributed by atoms with E-state index >= 15 is 0 Å². The normalized spacial score (nSPS) is 14.2. The fraction of sp³-hybridized carbons (Fsp3) is 0.625. The van der Waals surface area contributed by atoms with Crippen LogP contribution in [0.3, 0.4) is 0 Å². The Morgan fingerprint density at radius 1 is 1.25 bits per heavy atom. The van der Waals surface area contributed by atoms with E-state index in [0.29, 0.717) is 6.04 Å². The zero-order chi connectivity index (χ0) is 15.0. The van der Waals surface area contributed by atoms with Gasteiger partial charge in [-0.05, 0) is 62.9 Å². The lowest BCUT2D eigenvalue weighted by molar-refractivity contribution is 0.106. The van der Waals surface area contributed by atoms with Crippen molar-refractivity contribution < 1.29 is 4.74 Å². The fourth-order valence-corrected chi connectivity index (χ4v) is 2.53. The van der Waals surface area contributed by atoms with E-state index in [0.717, 1.165) is 47.8 Å². The van der Waals surface area contributed by atoms with E-state index in [4.69, 9.17) is 27.9 Å². The first-order valence-corrected chi connectivity index (χ1v) is 8.02. The van der Waals surface area contributed by atoms with E-state index < -0.39 is 0 Å². The molecule has 1 aromatic carbocycles. The maximum atomic E-state index is 6.25. The van der Waals surface area contributed by atoms with Crippen molar-refractivity contribution >= 4 is 23.2 Å². The summed E-state index contributed by atoms with van der Waals surface area (Å²) in [6.07, 6.45) is 4.42. The number of benzene rings is 1. The van der Waals surface area contributed by atoms with E-state index in [1.807, 2.05) is 18.2 Å². The zero-order valence-corrected chi connectivity index (χ0v) is 14.1. The third-order valence-electron chi connectivity index (χ3n) is 3.48. The van der Waals surface area contributed by atoms with Gasteiger partial charge in [0.1, 0.15) is 0 Å². The molecule has 0 saturated heterocycles. The lowest BCUT2D eigenvalue weighted by Crippen LogP contribution is -2.32. The van der Waals surface area contributed by atoms with E-state index in [2.05, 4.69) is 19.2 Å². The predicted octanol–water partition coefficient (Wildman–Crippen LogP) is 4.72. The summed E-state index contributed by atoms with van der Waals surface area (Å²) < 4.78 is 5.32. The highest BCUT2D eigenvalue weighted by Crippen LogP contribution is 2.23. The van der Waals surface area contributed by atoms with Crippen LogP contribution in [0.2, 0.25) is 10.0 Å². The van der Waals surface area contributed by atoms with Gasteiger partial charge in [0.25, 0.3) is 0 Å². The molecule has 0 bridgehead atoms. The van der Waals surface area contributed by atoms with Crippen LogP contribution in [-0.2, 0) is 11.2 Å². The SMILES string of the molecule is CCCNC(CCC(C)OC)Cc1cc(Cl)ccc1Cl. The number of rotatable bonds is 9. The summed E-state index contributed by atoms with van der Waals surface area (Å²) in [6, 6.07) is 6.07. The van der Waals surface area contributed by atoms with Gasteiger partial charge < -0.3 is 10.1 Å². The van der Waals surface area contributed by atoms with Crippen molar-refractivity contribution in [2.24, 2.45) is 0 Å². The molecule has 0 aliphatic heterocycles. The van der Waals surface area contributed by atoms with Crippen LogP contribution in [0.1, 0.15) is 38.7 Å². The lowest BCUT2D eigenvalue weighted by atomic mass is 10.00. The van der Waals surface area contributed by atoms with E-state index in [1.54, 1.807) is 7.11 Å². The van der Waals surface area contributed by atoms with Crippen molar-refractivity contribution in [1.29, 1.82) is 0 Å². The first kappa shape index (κ1) is 17.8. The van der Waals surface area contributed by atoms with Gasteiger partial charge >= 0.3 is 0 Å². The van der Waals surface area contributed by atoms with E-state index in [1.165, 1.54) is 0 Å². The Hall–Kier alpha value is -0.280. The maximum absolute atomic E-state index is 6.25. The summed E-state index contributed by atoms with van der Waals surface area (Å²) in [5.74, 6) is 0. The Balaban J connectivity index is 2.65. The minimum Gasteiger partial charge on any atom is -0.382 e. The minimum atomic E-state index is 0.288. The second kappa shape index (κ2) is 9.62.